The molecule has 2 aromatic carbocycles. The number of sulfone groups is 1. The molecule has 10 nitrogen and oxygen atoms in total. The second-order valence-electron chi connectivity index (χ2n) is 7.75. The Balaban J connectivity index is 1.81. The predicted molar refractivity (Wildman–Crippen MR) is 139 cm³/mol. The lowest BCUT2D eigenvalue weighted by Gasteiger charge is -2.18. The third kappa shape index (κ3) is 5.91. The third-order valence-corrected chi connectivity index (χ3v) is 8.45. The van der Waals surface area contributed by atoms with Gasteiger partial charge in [0.2, 0.25) is 0 Å². The number of ether oxygens (including phenoxy) is 3. The number of rotatable bonds is 11. The SMILES string of the molecule is COc1cc(Nc2nc3ccccc3nc2CS(=O)(=O)c2ccc(C#N)s2)c(OCCCO)c(OC)c1. The number of nitrogens with zero attached hydrogens (tertiary/aromatic N) is 3. The van der Waals surface area contributed by atoms with Crippen LogP contribution in [0, 0.1) is 11.3 Å². The first kappa shape index (κ1) is 26.2. The third-order valence-electron chi connectivity index (χ3n) is 5.25. The van der Waals surface area contributed by atoms with Gasteiger partial charge < -0.3 is 24.6 Å². The molecule has 0 unspecified atom stereocenters. The molecule has 4 rings (SSSR count). The number of methoxy groups -OCH3 is 2. The first-order valence-corrected chi connectivity index (χ1v) is 13.6. The van der Waals surface area contributed by atoms with Gasteiger partial charge in [-0.2, -0.15) is 5.26 Å². The van der Waals surface area contributed by atoms with Gasteiger partial charge in [-0.1, -0.05) is 12.1 Å². The van der Waals surface area contributed by atoms with Crippen molar-refractivity contribution in [1.29, 1.82) is 5.26 Å². The highest BCUT2D eigenvalue weighted by Gasteiger charge is 2.24. The average molecular weight is 541 g/mol. The highest BCUT2D eigenvalue weighted by molar-refractivity contribution is 7.92. The van der Waals surface area contributed by atoms with Gasteiger partial charge in [0.05, 0.1) is 43.2 Å². The number of fused-ring (bicyclic) bond motifs is 1. The van der Waals surface area contributed by atoms with E-state index in [1.54, 1.807) is 30.3 Å². The fourth-order valence-corrected chi connectivity index (χ4v) is 5.96. The Morgan fingerprint density at radius 1 is 1.08 bits per heavy atom. The summed E-state index contributed by atoms with van der Waals surface area (Å²) < 4.78 is 43.3. The number of aliphatic hydroxyl groups excluding tert-OH is 1. The molecule has 0 radical (unpaired) electrons. The number of para-hydroxylation sites is 2. The fourth-order valence-electron chi connectivity index (χ4n) is 3.49. The summed E-state index contributed by atoms with van der Waals surface area (Å²) in [5.41, 5.74) is 1.70. The van der Waals surface area contributed by atoms with Crippen molar-refractivity contribution in [3.8, 4) is 23.3 Å². The number of aromatic nitrogens is 2. The first-order chi connectivity index (χ1) is 17.9. The van der Waals surface area contributed by atoms with Crippen molar-refractivity contribution < 1.29 is 27.7 Å². The van der Waals surface area contributed by atoms with Crippen LogP contribution in [-0.4, -0.2) is 50.9 Å². The van der Waals surface area contributed by atoms with Gasteiger partial charge >= 0.3 is 0 Å². The summed E-state index contributed by atoms with van der Waals surface area (Å²) in [6.07, 6.45) is 0.402. The van der Waals surface area contributed by atoms with Crippen molar-refractivity contribution in [2.75, 3.05) is 32.8 Å². The molecule has 0 aliphatic heterocycles. The summed E-state index contributed by atoms with van der Waals surface area (Å²) in [5.74, 6) is 0.962. The van der Waals surface area contributed by atoms with E-state index in [1.165, 1.54) is 26.4 Å². The minimum absolute atomic E-state index is 0.0460. The zero-order valence-corrected chi connectivity index (χ0v) is 21.7. The zero-order chi connectivity index (χ0) is 26.4. The van der Waals surface area contributed by atoms with Crippen LogP contribution in [0.2, 0.25) is 0 Å². The molecule has 2 aromatic heterocycles. The summed E-state index contributed by atoms with van der Waals surface area (Å²) in [5, 5.41) is 21.4. The van der Waals surface area contributed by atoms with E-state index in [-0.39, 0.29) is 28.9 Å². The van der Waals surface area contributed by atoms with Gasteiger partial charge in [0.15, 0.2) is 27.2 Å². The maximum Gasteiger partial charge on any atom is 0.193 e. The van der Waals surface area contributed by atoms with Crippen LogP contribution in [-0.2, 0) is 15.6 Å². The summed E-state index contributed by atoms with van der Waals surface area (Å²) in [6, 6.07) is 15.3. The monoisotopic (exact) mass is 540 g/mol. The largest absolute Gasteiger partial charge is 0.497 e. The molecule has 0 saturated heterocycles. The molecule has 12 heteroatoms. The molecular formula is C25H24N4O6S2. The van der Waals surface area contributed by atoms with E-state index in [9.17, 15) is 13.5 Å². The lowest BCUT2D eigenvalue weighted by molar-refractivity contribution is 0.228. The average Bonchev–Trinajstić information content (AvgIpc) is 3.40. The van der Waals surface area contributed by atoms with Gasteiger partial charge in [-0.3, -0.25) is 0 Å². The first-order valence-electron chi connectivity index (χ1n) is 11.1. The van der Waals surface area contributed by atoms with Crippen molar-refractivity contribution in [2.24, 2.45) is 0 Å². The molecule has 0 aliphatic rings. The summed E-state index contributed by atoms with van der Waals surface area (Å²) in [4.78, 5) is 9.55. The summed E-state index contributed by atoms with van der Waals surface area (Å²) in [6.45, 7) is 0.174. The lowest BCUT2D eigenvalue weighted by atomic mass is 10.2. The quantitative estimate of drug-likeness (QED) is 0.267. The van der Waals surface area contributed by atoms with Crippen molar-refractivity contribution in [3.63, 3.8) is 0 Å². The number of hydrogen-bond acceptors (Lipinski definition) is 11. The Hall–Kier alpha value is -3.92. The normalized spacial score (nSPS) is 11.2. The minimum atomic E-state index is -3.82. The smallest absolute Gasteiger partial charge is 0.193 e. The van der Waals surface area contributed by atoms with E-state index in [1.807, 2.05) is 12.1 Å². The van der Waals surface area contributed by atoms with Crippen LogP contribution < -0.4 is 19.5 Å². The van der Waals surface area contributed by atoms with Gasteiger partial charge in [-0.25, -0.2) is 18.4 Å². The molecule has 192 valence electrons. The van der Waals surface area contributed by atoms with Crippen LogP contribution in [0.3, 0.4) is 0 Å². The van der Waals surface area contributed by atoms with Gasteiger partial charge in [0.1, 0.15) is 26.7 Å². The fraction of sp³-hybridized carbons (Fsp3) is 0.240. The van der Waals surface area contributed by atoms with Crippen molar-refractivity contribution in [3.05, 3.63) is 59.1 Å². The number of aliphatic hydroxyl groups is 1. The van der Waals surface area contributed by atoms with Crippen molar-refractivity contribution in [2.45, 2.75) is 16.4 Å². The van der Waals surface area contributed by atoms with Crippen LogP contribution in [0.25, 0.3) is 11.0 Å². The van der Waals surface area contributed by atoms with E-state index in [2.05, 4.69) is 15.3 Å². The summed E-state index contributed by atoms with van der Waals surface area (Å²) >= 11 is 0.905. The van der Waals surface area contributed by atoms with Gasteiger partial charge in [-0.15, -0.1) is 11.3 Å². The number of thiophene rings is 1. The maximum absolute atomic E-state index is 13.2. The number of nitrogens with one attached hydrogen (secondary N) is 1. The Morgan fingerprint density at radius 2 is 1.84 bits per heavy atom. The second-order valence-corrected chi connectivity index (χ2v) is 11.1. The lowest BCUT2D eigenvalue weighted by Crippen LogP contribution is -2.11. The minimum Gasteiger partial charge on any atom is -0.497 e. The highest BCUT2D eigenvalue weighted by atomic mass is 32.2. The zero-order valence-electron chi connectivity index (χ0n) is 20.1. The van der Waals surface area contributed by atoms with E-state index >= 15 is 0 Å². The number of hydrogen-bond donors (Lipinski definition) is 2. The van der Waals surface area contributed by atoms with E-state index in [0.717, 1.165) is 11.3 Å². The van der Waals surface area contributed by atoms with Crippen LogP contribution in [0.5, 0.6) is 17.2 Å². The predicted octanol–water partition coefficient (Wildman–Crippen LogP) is 4.06. The molecule has 0 spiro atoms. The van der Waals surface area contributed by atoms with Crippen LogP contribution in [0.4, 0.5) is 11.5 Å². The highest BCUT2D eigenvalue weighted by Crippen LogP contribution is 2.41. The van der Waals surface area contributed by atoms with E-state index in [4.69, 9.17) is 19.5 Å². The Morgan fingerprint density at radius 3 is 2.49 bits per heavy atom. The molecule has 0 bridgehead atoms. The Labute approximate surface area is 218 Å². The van der Waals surface area contributed by atoms with E-state index in [0.29, 0.717) is 45.3 Å². The molecule has 2 heterocycles. The molecule has 0 fully saturated rings. The second kappa shape index (κ2) is 11.4. The van der Waals surface area contributed by atoms with Crippen molar-refractivity contribution in [1.82, 2.24) is 9.97 Å². The maximum atomic E-state index is 13.2. The molecule has 0 aliphatic carbocycles. The van der Waals surface area contributed by atoms with Crippen LogP contribution in [0.1, 0.15) is 17.0 Å². The molecule has 0 atom stereocenters. The van der Waals surface area contributed by atoms with Gasteiger partial charge in [0.25, 0.3) is 0 Å². The molecule has 4 aromatic rings. The van der Waals surface area contributed by atoms with Crippen molar-refractivity contribution >= 4 is 43.7 Å². The van der Waals surface area contributed by atoms with Gasteiger partial charge in [0, 0.05) is 25.2 Å². The van der Waals surface area contributed by atoms with Crippen LogP contribution >= 0.6 is 11.3 Å². The molecule has 37 heavy (non-hydrogen) atoms. The Kier molecular flexibility index (Phi) is 8.08. The topological polar surface area (TPSA) is 144 Å². The molecular weight excluding hydrogens is 516 g/mol. The summed E-state index contributed by atoms with van der Waals surface area (Å²) in [7, 11) is -0.826. The standard InChI is InChI=1S/C25H24N4O6S2/c1-33-16-12-20(24(22(13-16)34-2)35-11-5-10-30)29-25-21(27-18-6-3-4-7-19(18)28-25)15-37(31,32)23-9-8-17(14-26)36-23/h3-4,6-9,12-13,30H,5,10-11,15H2,1-2H3,(H,28,29). The number of benzene rings is 2. The molecule has 0 saturated carbocycles. The number of anilines is 2. The molecule has 0 amide bonds. The van der Waals surface area contributed by atoms with E-state index < -0.39 is 15.6 Å². The molecule has 2 N–H and O–H groups in total. The number of nitriles is 1. The Bertz CT molecular complexity index is 1560. The van der Waals surface area contributed by atoms with Crippen LogP contribution in [0.15, 0.2) is 52.7 Å². The van der Waals surface area contributed by atoms with Gasteiger partial charge in [-0.05, 0) is 24.3 Å².